The van der Waals surface area contributed by atoms with Gasteiger partial charge in [-0.25, -0.2) is 0 Å². The van der Waals surface area contributed by atoms with E-state index in [0.717, 1.165) is 0 Å². The van der Waals surface area contributed by atoms with Crippen molar-refractivity contribution >= 4 is 94.0 Å². The second kappa shape index (κ2) is 22.7. The van der Waals surface area contributed by atoms with Gasteiger partial charge in [0.1, 0.15) is 0 Å². The third kappa shape index (κ3) is 13.9. The van der Waals surface area contributed by atoms with E-state index >= 15 is 0 Å². The zero-order chi connectivity index (χ0) is 37.0. The molecule has 278 valence electrons. The van der Waals surface area contributed by atoms with Crippen LogP contribution in [0, 0.1) is 0 Å². The third-order valence-electron chi connectivity index (χ3n) is 7.02. The van der Waals surface area contributed by atoms with Crippen LogP contribution in [0.25, 0.3) is 0 Å². The van der Waals surface area contributed by atoms with Crippen molar-refractivity contribution in [3.63, 3.8) is 0 Å². The predicted octanol–water partition coefficient (Wildman–Crippen LogP) is 9.16. The van der Waals surface area contributed by atoms with Gasteiger partial charge < -0.3 is 25.9 Å². The number of nitrogens with zero attached hydrogens (tertiary/aromatic N) is 4. The number of hydrogen-bond donors (Lipinski definition) is 0. The van der Waals surface area contributed by atoms with Crippen molar-refractivity contribution in [3.05, 3.63) is 164 Å². The molecule has 0 saturated heterocycles. The quantitative estimate of drug-likeness (QED) is 0.110. The van der Waals surface area contributed by atoms with E-state index in [1.165, 1.54) is 73.4 Å². The van der Waals surface area contributed by atoms with Gasteiger partial charge in [0.25, 0.3) is 0 Å². The second-order valence-electron chi connectivity index (χ2n) is 10.7. The molecular weight excluding hydrogens is 870 g/mol. The van der Waals surface area contributed by atoms with Gasteiger partial charge in [-0.2, -0.15) is 0 Å². The average Bonchev–Trinajstić information content (AvgIpc) is 3.14. The van der Waals surface area contributed by atoms with Crippen LogP contribution in [0.3, 0.4) is 0 Å². The molecule has 0 heterocycles. The van der Waals surface area contributed by atoms with Gasteiger partial charge in [0.05, 0.1) is 22.7 Å². The van der Waals surface area contributed by atoms with Gasteiger partial charge in [0.15, 0.2) is 0 Å². The summed E-state index contributed by atoms with van der Waals surface area (Å²) in [6.07, 6.45) is 5.78. The summed E-state index contributed by atoms with van der Waals surface area (Å²) in [4.78, 5) is 17.3. The van der Waals surface area contributed by atoms with E-state index in [4.69, 9.17) is 46.4 Å². The van der Waals surface area contributed by atoms with E-state index in [1.54, 1.807) is 72.8 Å². The number of aliphatic imine (C=N–C) groups is 4. The molecule has 6 aromatic rings. The first-order valence-corrected chi connectivity index (χ1v) is 16.8. The topological polar surface area (TPSA) is 170 Å². The second-order valence-corrected chi connectivity index (χ2v) is 12.5. The van der Waals surface area contributed by atoms with Crippen molar-refractivity contribution < 1.29 is 60.0 Å². The van der Waals surface area contributed by atoms with Gasteiger partial charge >= 0.3 is 34.1 Å². The van der Waals surface area contributed by atoms with Crippen molar-refractivity contribution in [2.45, 2.75) is 0 Å². The fraction of sp³-hybridized carbons (Fsp3) is 0. The summed E-state index contributed by atoms with van der Waals surface area (Å²) in [7, 11) is 0. The molecule has 9 nitrogen and oxygen atoms in total. The standard InChI is InChI=1S/2C20H14Cl2N2O2.2Fe.O/c2*21-15-5-7-19(25)13(9-15)11-23-17-3-1-2-4-18(17)24-12-14-10-16(22)6-8-20(14)26;;;/h2*1-12,25-26H;;;/q;;2*+3;-2/p-4. The van der Waals surface area contributed by atoms with Gasteiger partial charge in [-0.1, -0.05) is 118 Å². The molecule has 0 aliphatic carbocycles. The van der Waals surface area contributed by atoms with Crippen LogP contribution in [0.1, 0.15) is 22.3 Å². The molecule has 0 aliphatic heterocycles. The van der Waals surface area contributed by atoms with Crippen molar-refractivity contribution in [1.82, 2.24) is 0 Å². The van der Waals surface area contributed by atoms with Crippen LogP contribution < -0.4 is 20.4 Å². The molecule has 0 bridgehead atoms. The average molecular weight is 894 g/mol. The van der Waals surface area contributed by atoms with Gasteiger partial charge in [0, 0.05) is 44.9 Å². The van der Waals surface area contributed by atoms with Gasteiger partial charge in [-0.05, 0) is 95.1 Å². The van der Waals surface area contributed by atoms with Crippen molar-refractivity contribution in [1.29, 1.82) is 0 Å². The Balaban J connectivity index is 0.000000360. The number of rotatable bonds is 8. The maximum atomic E-state index is 11.8. The summed E-state index contributed by atoms with van der Waals surface area (Å²) < 4.78 is 0. The van der Waals surface area contributed by atoms with E-state index < -0.39 is 0 Å². The van der Waals surface area contributed by atoms with Crippen LogP contribution in [0.4, 0.5) is 22.7 Å². The van der Waals surface area contributed by atoms with Gasteiger partial charge in [-0.15, -0.1) is 0 Å². The van der Waals surface area contributed by atoms with Crippen LogP contribution >= 0.6 is 46.4 Å². The fourth-order valence-electron chi connectivity index (χ4n) is 4.40. The molecule has 0 N–H and O–H groups in total. The monoisotopic (exact) mass is 892 g/mol. The predicted molar refractivity (Wildman–Crippen MR) is 206 cm³/mol. The number of para-hydroxylation sites is 4. The van der Waals surface area contributed by atoms with Crippen LogP contribution in [-0.4, -0.2) is 24.9 Å². The zero-order valence-electron chi connectivity index (χ0n) is 27.9. The normalized spacial score (nSPS) is 10.8. The zero-order valence-corrected chi connectivity index (χ0v) is 33.1. The maximum absolute atomic E-state index is 11.8. The minimum Gasteiger partial charge on any atom is -2.00 e. The Kier molecular flexibility index (Phi) is 19.2. The van der Waals surface area contributed by atoms with E-state index in [-0.39, 0.29) is 62.6 Å². The number of halogens is 4. The SMILES string of the molecule is [Fe+3].[Fe+3].[O-2].[O-]c1ccc(Cl)cc1C=Nc1ccccc1N=Cc1cc(Cl)ccc1[O-].[O-]c1ccc(Cl)cc1C=Nc1ccccc1N=Cc1cc(Cl)ccc1[O-]. The Labute approximate surface area is 358 Å². The molecule has 0 aliphatic rings. The minimum atomic E-state index is -0.172. The van der Waals surface area contributed by atoms with Crippen LogP contribution in [0.5, 0.6) is 23.0 Å². The molecular formula is C40H24Cl4Fe2N4O5. The Morgan fingerprint density at radius 1 is 0.345 bits per heavy atom. The Morgan fingerprint density at radius 2 is 0.545 bits per heavy atom. The van der Waals surface area contributed by atoms with Gasteiger partial charge in [0.2, 0.25) is 0 Å². The smallest absolute Gasteiger partial charge is 2.00 e. The Morgan fingerprint density at radius 3 is 0.745 bits per heavy atom. The first-order valence-electron chi connectivity index (χ1n) is 15.3. The molecule has 0 spiro atoms. The maximum Gasteiger partial charge on any atom is 3.00 e. The molecule has 0 aromatic heterocycles. The third-order valence-corrected chi connectivity index (χ3v) is 7.96. The molecule has 0 unspecified atom stereocenters. The molecule has 55 heavy (non-hydrogen) atoms. The molecule has 15 heteroatoms. The van der Waals surface area contributed by atoms with Crippen molar-refractivity contribution in [2.24, 2.45) is 20.0 Å². The summed E-state index contributed by atoms with van der Waals surface area (Å²) in [5.41, 5.74) is 3.74. The van der Waals surface area contributed by atoms with Crippen LogP contribution in [-0.2, 0) is 39.6 Å². The first-order chi connectivity index (χ1) is 25.0. The van der Waals surface area contributed by atoms with Crippen LogP contribution in [0.15, 0.2) is 141 Å². The molecule has 0 fully saturated rings. The molecule has 6 rings (SSSR count). The number of benzene rings is 6. The first kappa shape index (κ1) is 46.5. The van der Waals surface area contributed by atoms with Gasteiger partial charge in [-0.3, -0.25) is 20.0 Å². The number of hydrogen-bond acceptors (Lipinski definition) is 8. The summed E-state index contributed by atoms with van der Waals surface area (Å²) in [5.74, 6) is -0.689. The molecule has 0 amide bonds. The largest absolute Gasteiger partial charge is 3.00 e. The fourth-order valence-corrected chi connectivity index (χ4v) is 5.12. The summed E-state index contributed by atoms with van der Waals surface area (Å²) >= 11 is 23.6. The Hall–Kier alpha value is -4.64. The minimum absolute atomic E-state index is 0. The molecule has 6 aromatic carbocycles. The van der Waals surface area contributed by atoms with Crippen molar-refractivity contribution in [3.8, 4) is 23.0 Å². The summed E-state index contributed by atoms with van der Waals surface area (Å²) in [6.45, 7) is 0. The van der Waals surface area contributed by atoms with E-state index in [9.17, 15) is 20.4 Å². The Bertz CT molecular complexity index is 2020. The van der Waals surface area contributed by atoms with E-state index in [2.05, 4.69) is 20.0 Å². The van der Waals surface area contributed by atoms with E-state index in [0.29, 0.717) is 65.1 Å². The van der Waals surface area contributed by atoms with Crippen molar-refractivity contribution in [2.75, 3.05) is 0 Å². The van der Waals surface area contributed by atoms with E-state index in [1.807, 2.05) is 0 Å². The molecule has 0 saturated carbocycles. The molecule has 2 radical (unpaired) electrons. The summed E-state index contributed by atoms with van der Waals surface area (Å²) in [5, 5.41) is 49.2. The molecule has 0 atom stereocenters. The summed E-state index contributed by atoms with van der Waals surface area (Å²) in [6, 6.07) is 32.2. The van der Waals surface area contributed by atoms with Crippen LogP contribution in [0.2, 0.25) is 20.1 Å².